The summed E-state index contributed by atoms with van der Waals surface area (Å²) in [6.07, 6.45) is 31.3. The average molecular weight is 452 g/mol. The number of carbonyl (C=O) groups is 1. The topological polar surface area (TPSA) is 49.3 Å². The Kier molecular flexibility index (Phi) is 25.7. The molecule has 0 unspecified atom stereocenters. The number of aliphatic hydroxyl groups is 1. The average Bonchev–Trinajstić information content (AvgIpc) is 2.79. The van der Waals surface area contributed by atoms with Gasteiger partial charge in [0.25, 0.3) is 0 Å². The molecule has 190 valence electrons. The highest BCUT2D eigenvalue weighted by Crippen LogP contribution is 2.12. The van der Waals surface area contributed by atoms with Crippen LogP contribution in [0, 0.1) is 0 Å². The van der Waals surface area contributed by atoms with E-state index in [2.05, 4.69) is 25.2 Å². The number of allylic oxidation sites excluding steroid dienone is 1. The van der Waals surface area contributed by atoms with E-state index in [1.54, 1.807) is 0 Å². The molecule has 0 heterocycles. The van der Waals surface area contributed by atoms with Gasteiger partial charge in [-0.15, -0.1) is 0 Å². The molecule has 32 heavy (non-hydrogen) atoms. The fraction of sp³-hybridized carbons (Fsp3) is 0.897. The third kappa shape index (κ3) is 25.4. The van der Waals surface area contributed by atoms with E-state index in [0.29, 0.717) is 13.0 Å². The molecule has 3 heteroatoms. The van der Waals surface area contributed by atoms with Crippen molar-refractivity contribution in [3.8, 4) is 0 Å². The largest absolute Gasteiger partial charge is 0.387 e. The Morgan fingerprint density at radius 1 is 0.656 bits per heavy atom. The van der Waals surface area contributed by atoms with E-state index in [9.17, 15) is 9.90 Å². The molecule has 1 amide bonds. The summed E-state index contributed by atoms with van der Waals surface area (Å²) in [5.74, 6) is 0.0748. The third-order valence-electron chi connectivity index (χ3n) is 6.35. The Morgan fingerprint density at radius 3 is 1.53 bits per heavy atom. The van der Waals surface area contributed by atoms with Crippen LogP contribution >= 0.6 is 0 Å². The highest BCUT2D eigenvalue weighted by molar-refractivity contribution is 5.75. The van der Waals surface area contributed by atoms with Gasteiger partial charge < -0.3 is 10.4 Å². The number of hydrogen-bond donors (Lipinski definition) is 2. The molecule has 0 aromatic carbocycles. The van der Waals surface area contributed by atoms with Crippen LogP contribution in [0.3, 0.4) is 0 Å². The van der Waals surface area contributed by atoms with E-state index >= 15 is 0 Å². The molecule has 0 rings (SSSR count). The van der Waals surface area contributed by atoms with E-state index < -0.39 is 6.10 Å². The second kappa shape index (κ2) is 26.4. The molecule has 0 saturated carbocycles. The van der Waals surface area contributed by atoms with Crippen molar-refractivity contribution in [1.82, 2.24) is 5.32 Å². The summed E-state index contributed by atoms with van der Waals surface area (Å²) in [5.41, 5.74) is 0. The Hall–Kier alpha value is -0.830. The Balaban J connectivity index is 3.37. The van der Waals surface area contributed by atoms with E-state index in [1.807, 2.05) is 6.08 Å². The highest BCUT2D eigenvalue weighted by atomic mass is 16.3. The lowest BCUT2D eigenvalue weighted by molar-refractivity contribution is -0.121. The molecule has 0 saturated heterocycles. The minimum atomic E-state index is -0.560. The maximum absolute atomic E-state index is 11.9. The summed E-state index contributed by atoms with van der Waals surface area (Å²) in [6, 6.07) is 0. The number of amides is 1. The van der Waals surface area contributed by atoms with Gasteiger partial charge in [0.15, 0.2) is 0 Å². The van der Waals surface area contributed by atoms with Gasteiger partial charge in [-0.2, -0.15) is 0 Å². The van der Waals surface area contributed by atoms with E-state index in [4.69, 9.17) is 0 Å². The molecule has 0 aromatic rings. The van der Waals surface area contributed by atoms with Crippen LogP contribution in [0.5, 0.6) is 0 Å². The van der Waals surface area contributed by atoms with Crippen LogP contribution in [-0.4, -0.2) is 23.7 Å². The van der Waals surface area contributed by atoms with Gasteiger partial charge in [0.05, 0.1) is 6.10 Å². The van der Waals surface area contributed by atoms with Crippen molar-refractivity contribution >= 4 is 5.91 Å². The zero-order valence-electron chi connectivity index (χ0n) is 21.9. The van der Waals surface area contributed by atoms with Crippen LogP contribution in [-0.2, 0) is 4.79 Å². The maximum atomic E-state index is 11.9. The number of aliphatic hydroxyl groups excluding tert-OH is 1. The van der Waals surface area contributed by atoms with Crippen LogP contribution in [0.1, 0.15) is 155 Å². The summed E-state index contributed by atoms with van der Waals surface area (Å²) in [7, 11) is 0. The number of rotatable bonds is 25. The minimum absolute atomic E-state index is 0.0748. The first-order valence-corrected chi connectivity index (χ1v) is 14.3. The lowest BCUT2D eigenvalue weighted by atomic mass is 10.1. The fourth-order valence-corrected chi connectivity index (χ4v) is 4.15. The molecule has 0 aromatic heterocycles. The molecule has 0 spiro atoms. The highest BCUT2D eigenvalue weighted by Gasteiger charge is 2.04. The summed E-state index contributed by atoms with van der Waals surface area (Å²) in [4.78, 5) is 11.9. The minimum Gasteiger partial charge on any atom is -0.387 e. The monoisotopic (exact) mass is 451 g/mol. The molecule has 2 N–H and O–H groups in total. The van der Waals surface area contributed by atoms with Gasteiger partial charge in [-0.25, -0.2) is 0 Å². The molecular formula is C29H57NO2. The molecular weight excluding hydrogens is 394 g/mol. The normalized spacial score (nSPS) is 12.5. The Bertz CT molecular complexity index is 408. The number of hydrogen-bond acceptors (Lipinski definition) is 2. The Labute approximate surface area is 201 Å². The van der Waals surface area contributed by atoms with Crippen LogP contribution in [0.4, 0.5) is 0 Å². The SMILES string of the molecule is CCCCCCCCCCCCC/C=C\[C@H](O)CNC(=O)CCCCCCCCCCC. The van der Waals surface area contributed by atoms with Crippen molar-refractivity contribution in [1.29, 1.82) is 0 Å². The van der Waals surface area contributed by atoms with Crippen molar-refractivity contribution in [3.63, 3.8) is 0 Å². The second-order valence-electron chi connectivity index (χ2n) is 9.70. The van der Waals surface area contributed by atoms with Gasteiger partial charge >= 0.3 is 0 Å². The van der Waals surface area contributed by atoms with Gasteiger partial charge in [0.2, 0.25) is 5.91 Å². The third-order valence-corrected chi connectivity index (χ3v) is 6.35. The van der Waals surface area contributed by atoms with Crippen LogP contribution in [0.2, 0.25) is 0 Å². The molecule has 0 aliphatic heterocycles. The van der Waals surface area contributed by atoms with Crippen molar-refractivity contribution in [2.24, 2.45) is 0 Å². The predicted molar refractivity (Wildman–Crippen MR) is 141 cm³/mol. The van der Waals surface area contributed by atoms with E-state index in [-0.39, 0.29) is 5.91 Å². The van der Waals surface area contributed by atoms with Gasteiger partial charge in [0, 0.05) is 13.0 Å². The first kappa shape index (κ1) is 31.2. The van der Waals surface area contributed by atoms with E-state index in [1.165, 1.54) is 116 Å². The van der Waals surface area contributed by atoms with Gasteiger partial charge in [0.1, 0.15) is 0 Å². The molecule has 0 aliphatic rings. The quantitative estimate of drug-likeness (QED) is 0.108. The smallest absolute Gasteiger partial charge is 0.220 e. The second-order valence-corrected chi connectivity index (χ2v) is 9.70. The molecule has 1 atom stereocenters. The zero-order chi connectivity index (χ0) is 23.5. The van der Waals surface area contributed by atoms with Gasteiger partial charge in [-0.05, 0) is 19.3 Å². The standard InChI is InChI=1S/C29H57NO2/c1-3-5-7-9-11-13-14-15-16-18-19-21-23-25-28(31)27-30-29(32)26-24-22-20-17-12-10-8-6-4-2/h23,25,28,31H,3-22,24,26-27H2,1-2H3,(H,30,32)/b25-23-/t28-/m0/s1. The van der Waals surface area contributed by atoms with Gasteiger partial charge in [-0.3, -0.25) is 4.79 Å². The van der Waals surface area contributed by atoms with Crippen molar-refractivity contribution in [2.45, 2.75) is 161 Å². The number of carbonyl (C=O) groups excluding carboxylic acids is 1. The summed E-state index contributed by atoms with van der Waals surface area (Å²) >= 11 is 0. The van der Waals surface area contributed by atoms with Crippen molar-refractivity contribution in [3.05, 3.63) is 12.2 Å². The first-order valence-electron chi connectivity index (χ1n) is 14.3. The Morgan fingerprint density at radius 2 is 1.06 bits per heavy atom. The molecule has 3 nitrogen and oxygen atoms in total. The zero-order valence-corrected chi connectivity index (χ0v) is 21.9. The van der Waals surface area contributed by atoms with Crippen molar-refractivity contribution in [2.75, 3.05) is 6.54 Å². The number of nitrogens with one attached hydrogen (secondary N) is 1. The first-order chi connectivity index (χ1) is 15.7. The summed E-state index contributed by atoms with van der Waals surface area (Å²) < 4.78 is 0. The summed E-state index contributed by atoms with van der Waals surface area (Å²) in [6.45, 7) is 4.86. The lowest BCUT2D eigenvalue weighted by Crippen LogP contribution is -2.30. The number of unbranched alkanes of at least 4 members (excludes halogenated alkanes) is 19. The van der Waals surface area contributed by atoms with E-state index in [0.717, 1.165) is 19.3 Å². The van der Waals surface area contributed by atoms with Crippen LogP contribution in [0.25, 0.3) is 0 Å². The van der Waals surface area contributed by atoms with Gasteiger partial charge in [-0.1, -0.05) is 142 Å². The molecule has 0 fully saturated rings. The van der Waals surface area contributed by atoms with Crippen molar-refractivity contribution < 1.29 is 9.90 Å². The van der Waals surface area contributed by atoms with Crippen LogP contribution < -0.4 is 5.32 Å². The fourth-order valence-electron chi connectivity index (χ4n) is 4.15. The molecule has 0 radical (unpaired) electrons. The molecule has 0 bridgehead atoms. The van der Waals surface area contributed by atoms with Crippen LogP contribution in [0.15, 0.2) is 12.2 Å². The maximum Gasteiger partial charge on any atom is 0.220 e. The summed E-state index contributed by atoms with van der Waals surface area (Å²) in [5, 5.41) is 12.9. The molecule has 0 aliphatic carbocycles. The lowest BCUT2D eigenvalue weighted by Gasteiger charge is -2.08. The predicted octanol–water partition coefficient (Wildman–Crippen LogP) is 8.64.